The molecule has 25 heavy (non-hydrogen) atoms. The van der Waals surface area contributed by atoms with Crippen molar-refractivity contribution >= 4 is 30.1 Å². The molecule has 2 fully saturated rings. The zero-order valence-corrected chi connectivity index (χ0v) is 14.7. The van der Waals surface area contributed by atoms with Crippen molar-refractivity contribution in [3.05, 3.63) is 35.4 Å². The number of hydrogen-bond acceptors (Lipinski definition) is 4. The largest absolute Gasteiger partial charge is 0.354 e. The minimum absolute atomic E-state index is 0. The number of carbonyl (C=O) groups is 3. The van der Waals surface area contributed by atoms with E-state index in [0.717, 1.165) is 32.4 Å². The molecule has 0 radical (unpaired) electrons. The maximum Gasteiger partial charge on any atom is 0.261 e. The van der Waals surface area contributed by atoms with Gasteiger partial charge in [-0.1, -0.05) is 12.1 Å². The first kappa shape index (κ1) is 17.9. The van der Waals surface area contributed by atoms with Crippen LogP contribution < -0.4 is 10.6 Å². The molecule has 1 saturated carbocycles. The highest BCUT2D eigenvalue weighted by Gasteiger charge is 2.57. The van der Waals surface area contributed by atoms with E-state index >= 15 is 0 Å². The van der Waals surface area contributed by atoms with Crippen LogP contribution >= 0.6 is 12.4 Å². The number of benzene rings is 1. The highest BCUT2D eigenvalue weighted by Crippen LogP contribution is 2.58. The molecule has 2 N–H and O–H groups in total. The van der Waals surface area contributed by atoms with Crippen molar-refractivity contribution in [2.75, 3.05) is 26.2 Å². The summed E-state index contributed by atoms with van der Waals surface area (Å²) in [6, 6.07) is 6.83. The fourth-order valence-corrected chi connectivity index (χ4v) is 4.05. The van der Waals surface area contributed by atoms with Crippen molar-refractivity contribution in [2.45, 2.75) is 19.3 Å². The standard InChI is InChI=1S/C18H21N3O3.ClH/c22-15(14-11-18(14)5-7-19-8-6-18)20-9-10-21-16(23)12-3-1-2-4-13(12)17(21)24;/h1-4,14,19H,5-11H2,(H,20,22);1H. The number of nitrogens with zero attached hydrogens (tertiary/aromatic N) is 1. The number of hydrogen-bond donors (Lipinski definition) is 2. The zero-order valence-electron chi connectivity index (χ0n) is 13.9. The Morgan fingerprint density at radius 1 is 1.16 bits per heavy atom. The lowest BCUT2D eigenvalue weighted by Gasteiger charge is -2.23. The van der Waals surface area contributed by atoms with Crippen LogP contribution in [0.3, 0.4) is 0 Å². The number of imide groups is 1. The SMILES string of the molecule is Cl.O=C(NCCN1C(=O)c2ccccc2C1=O)C1CC12CCNCC2. The molecule has 1 aromatic carbocycles. The second-order valence-corrected chi connectivity index (χ2v) is 6.97. The summed E-state index contributed by atoms with van der Waals surface area (Å²) >= 11 is 0. The van der Waals surface area contributed by atoms with Crippen molar-refractivity contribution in [2.24, 2.45) is 11.3 Å². The zero-order chi connectivity index (χ0) is 16.7. The first-order valence-corrected chi connectivity index (χ1v) is 8.56. The molecule has 3 aliphatic rings. The van der Waals surface area contributed by atoms with Crippen molar-refractivity contribution in [1.82, 2.24) is 15.5 Å². The number of rotatable bonds is 4. The van der Waals surface area contributed by atoms with Gasteiger partial charge in [0.2, 0.25) is 5.91 Å². The molecular formula is C18H22ClN3O3. The Labute approximate surface area is 152 Å². The quantitative estimate of drug-likeness (QED) is 0.788. The topological polar surface area (TPSA) is 78.5 Å². The van der Waals surface area contributed by atoms with Crippen molar-refractivity contribution in [1.29, 1.82) is 0 Å². The summed E-state index contributed by atoms with van der Waals surface area (Å²) in [6.07, 6.45) is 3.08. The molecule has 3 amide bonds. The van der Waals surface area contributed by atoms with Crippen LogP contribution in [0.25, 0.3) is 0 Å². The van der Waals surface area contributed by atoms with Crippen LogP contribution in [0, 0.1) is 11.3 Å². The smallest absolute Gasteiger partial charge is 0.261 e. The Bertz CT molecular complexity index is 680. The fraction of sp³-hybridized carbons (Fsp3) is 0.500. The Morgan fingerprint density at radius 2 is 1.76 bits per heavy atom. The van der Waals surface area contributed by atoms with Crippen molar-refractivity contribution in [3.8, 4) is 0 Å². The minimum atomic E-state index is -0.272. The summed E-state index contributed by atoms with van der Waals surface area (Å²) in [6.45, 7) is 2.51. The first-order chi connectivity index (χ1) is 11.6. The van der Waals surface area contributed by atoms with Gasteiger partial charge < -0.3 is 10.6 Å². The number of piperidine rings is 1. The van der Waals surface area contributed by atoms with E-state index in [2.05, 4.69) is 10.6 Å². The second-order valence-electron chi connectivity index (χ2n) is 6.97. The third-order valence-electron chi connectivity index (χ3n) is 5.62. The second kappa shape index (κ2) is 6.77. The average Bonchev–Trinajstić information content (AvgIpc) is 3.24. The Kier molecular flexibility index (Phi) is 4.84. The Morgan fingerprint density at radius 3 is 2.36 bits per heavy atom. The van der Waals surface area contributed by atoms with E-state index in [1.807, 2.05) is 0 Å². The number of halogens is 1. The van der Waals surface area contributed by atoms with Crippen LogP contribution in [-0.2, 0) is 4.79 Å². The molecule has 4 rings (SSSR count). The van der Waals surface area contributed by atoms with Crippen LogP contribution in [0.1, 0.15) is 40.0 Å². The van der Waals surface area contributed by atoms with Crippen LogP contribution in [0.5, 0.6) is 0 Å². The van der Waals surface area contributed by atoms with E-state index in [1.54, 1.807) is 24.3 Å². The van der Waals surface area contributed by atoms with Gasteiger partial charge in [0.25, 0.3) is 11.8 Å². The summed E-state index contributed by atoms with van der Waals surface area (Å²) in [5, 5.41) is 6.23. The van der Waals surface area contributed by atoms with Crippen molar-refractivity contribution < 1.29 is 14.4 Å². The van der Waals surface area contributed by atoms with E-state index in [9.17, 15) is 14.4 Å². The molecule has 1 aromatic rings. The van der Waals surface area contributed by atoms with Crippen LogP contribution in [-0.4, -0.2) is 48.8 Å². The monoisotopic (exact) mass is 363 g/mol. The lowest BCUT2D eigenvalue weighted by Crippen LogP contribution is -2.39. The van der Waals surface area contributed by atoms with Gasteiger partial charge >= 0.3 is 0 Å². The minimum Gasteiger partial charge on any atom is -0.354 e. The van der Waals surface area contributed by atoms with Gasteiger partial charge in [0, 0.05) is 19.0 Å². The molecule has 0 aromatic heterocycles. The molecule has 2 heterocycles. The summed E-state index contributed by atoms with van der Waals surface area (Å²) in [5.74, 6) is -0.382. The predicted octanol–water partition coefficient (Wildman–Crippen LogP) is 1.21. The highest BCUT2D eigenvalue weighted by atomic mass is 35.5. The predicted molar refractivity (Wildman–Crippen MR) is 94.7 cm³/mol. The lowest BCUT2D eigenvalue weighted by atomic mass is 9.92. The van der Waals surface area contributed by atoms with Gasteiger partial charge in [0.1, 0.15) is 0 Å². The van der Waals surface area contributed by atoms with Gasteiger partial charge in [-0.2, -0.15) is 0 Å². The molecule has 1 saturated heterocycles. The summed E-state index contributed by atoms with van der Waals surface area (Å²) in [5.41, 5.74) is 1.10. The van der Waals surface area contributed by atoms with Gasteiger partial charge in [-0.05, 0) is 49.9 Å². The Balaban J connectivity index is 0.00000182. The number of amides is 3. The number of carbonyl (C=O) groups excluding carboxylic acids is 3. The molecule has 7 heteroatoms. The van der Waals surface area contributed by atoms with Gasteiger partial charge in [-0.3, -0.25) is 19.3 Å². The lowest BCUT2D eigenvalue weighted by molar-refractivity contribution is -0.123. The van der Waals surface area contributed by atoms with Gasteiger partial charge in [-0.25, -0.2) is 0 Å². The molecule has 1 aliphatic carbocycles. The molecule has 0 bridgehead atoms. The molecule has 2 aliphatic heterocycles. The molecule has 134 valence electrons. The van der Waals surface area contributed by atoms with Crippen LogP contribution in [0.2, 0.25) is 0 Å². The van der Waals surface area contributed by atoms with E-state index < -0.39 is 0 Å². The summed E-state index contributed by atoms with van der Waals surface area (Å²) in [7, 11) is 0. The van der Waals surface area contributed by atoms with Crippen LogP contribution in [0.4, 0.5) is 0 Å². The van der Waals surface area contributed by atoms with E-state index in [0.29, 0.717) is 17.7 Å². The average molecular weight is 364 g/mol. The summed E-state index contributed by atoms with van der Waals surface area (Å²) < 4.78 is 0. The number of nitrogens with one attached hydrogen (secondary N) is 2. The third-order valence-corrected chi connectivity index (χ3v) is 5.62. The normalized spacial score (nSPS) is 23.2. The van der Waals surface area contributed by atoms with Gasteiger partial charge in [0.05, 0.1) is 11.1 Å². The maximum atomic E-state index is 12.3. The molecular weight excluding hydrogens is 342 g/mol. The first-order valence-electron chi connectivity index (χ1n) is 8.56. The highest BCUT2D eigenvalue weighted by molar-refractivity contribution is 6.21. The van der Waals surface area contributed by atoms with Gasteiger partial charge in [-0.15, -0.1) is 12.4 Å². The van der Waals surface area contributed by atoms with E-state index in [1.165, 1.54) is 4.90 Å². The number of fused-ring (bicyclic) bond motifs is 1. The van der Waals surface area contributed by atoms with Crippen LogP contribution in [0.15, 0.2) is 24.3 Å². The van der Waals surface area contributed by atoms with E-state index in [-0.39, 0.29) is 48.0 Å². The van der Waals surface area contributed by atoms with E-state index in [4.69, 9.17) is 0 Å². The third kappa shape index (κ3) is 3.04. The molecule has 1 unspecified atom stereocenters. The molecule has 1 spiro atoms. The molecule has 6 nitrogen and oxygen atoms in total. The Hall–Kier alpha value is -1.92. The van der Waals surface area contributed by atoms with Crippen molar-refractivity contribution in [3.63, 3.8) is 0 Å². The molecule has 1 atom stereocenters. The summed E-state index contributed by atoms with van der Waals surface area (Å²) in [4.78, 5) is 38.0. The van der Waals surface area contributed by atoms with Gasteiger partial charge in [0.15, 0.2) is 0 Å². The maximum absolute atomic E-state index is 12.3. The fourth-order valence-electron chi connectivity index (χ4n) is 4.05.